The summed E-state index contributed by atoms with van der Waals surface area (Å²) in [6.45, 7) is 3.59. The minimum absolute atomic E-state index is 0.0577. The third kappa shape index (κ3) is 4.01. The van der Waals surface area contributed by atoms with Gasteiger partial charge in [0.25, 0.3) is 0 Å². The highest BCUT2D eigenvalue weighted by atomic mass is 19.4. The van der Waals surface area contributed by atoms with Gasteiger partial charge in [-0.15, -0.1) is 0 Å². The number of ether oxygens (including phenoxy) is 1. The summed E-state index contributed by atoms with van der Waals surface area (Å²) in [4.78, 5) is 19.3. The first-order valence-corrected chi connectivity index (χ1v) is 9.35. The van der Waals surface area contributed by atoms with Gasteiger partial charge in [-0.2, -0.15) is 18.4 Å². The number of halogens is 3. The van der Waals surface area contributed by atoms with E-state index < -0.39 is 17.3 Å². The van der Waals surface area contributed by atoms with Gasteiger partial charge in [0.15, 0.2) is 0 Å². The molecule has 0 saturated carbocycles. The number of esters is 1. The average Bonchev–Trinajstić information content (AvgIpc) is 3.12. The Labute approximate surface area is 161 Å². The number of aromatic nitrogens is 1. The number of nitrogens with zero attached hydrogens (tertiary/aromatic N) is 4. The van der Waals surface area contributed by atoms with E-state index in [9.17, 15) is 23.2 Å². The fourth-order valence-electron chi connectivity index (χ4n) is 3.75. The van der Waals surface area contributed by atoms with Crippen molar-refractivity contribution in [3.63, 3.8) is 0 Å². The first-order chi connectivity index (χ1) is 13.2. The number of carbonyl (C=O) groups excluding carboxylic acids is 1. The highest BCUT2D eigenvalue weighted by Crippen LogP contribution is 2.40. The summed E-state index contributed by atoms with van der Waals surface area (Å²) in [6.07, 6.45) is -2.08. The van der Waals surface area contributed by atoms with Gasteiger partial charge < -0.3 is 14.5 Å². The predicted octanol–water partition coefficient (Wildman–Crippen LogP) is 3.35. The van der Waals surface area contributed by atoms with Crippen LogP contribution in [0, 0.1) is 17.2 Å². The van der Waals surface area contributed by atoms with Crippen molar-refractivity contribution >= 4 is 17.6 Å². The predicted molar refractivity (Wildman–Crippen MR) is 96.9 cm³/mol. The lowest BCUT2D eigenvalue weighted by Crippen LogP contribution is -2.47. The zero-order chi connectivity index (χ0) is 20.5. The van der Waals surface area contributed by atoms with E-state index in [2.05, 4.69) is 9.72 Å². The molecule has 0 bridgehead atoms. The molecule has 2 fully saturated rings. The molecule has 6 nitrogen and oxygen atoms in total. The minimum atomic E-state index is -4.63. The molecular formula is C19H23F3N4O2. The maximum absolute atomic E-state index is 13.6. The van der Waals surface area contributed by atoms with Crippen molar-refractivity contribution in [3.05, 3.63) is 17.2 Å². The van der Waals surface area contributed by atoms with E-state index in [1.807, 2.05) is 11.8 Å². The Morgan fingerprint density at radius 2 is 2.14 bits per heavy atom. The zero-order valence-corrected chi connectivity index (χ0v) is 15.9. The molecule has 152 valence electrons. The number of hydrogen-bond donors (Lipinski definition) is 0. The molecule has 0 amide bonds. The van der Waals surface area contributed by atoms with Crippen molar-refractivity contribution in [2.24, 2.45) is 5.92 Å². The molecule has 2 atom stereocenters. The molecule has 0 N–H and O–H groups in total. The minimum Gasteiger partial charge on any atom is -0.469 e. The van der Waals surface area contributed by atoms with Gasteiger partial charge in [0.2, 0.25) is 0 Å². The maximum Gasteiger partial charge on any atom is 0.417 e. The topological polar surface area (TPSA) is 69.5 Å². The Kier molecular flexibility index (Phi) is 5.68. The molecule has 2 aliphatic heterocycles. The molecule has 0 spiro atoms. The van der Waals surface area contributed by atoms with Crippen LogP contribution in [0.3, 0.4) is 0 Å². The third-order valence-corrected chi connectivity index (χ3v) is 5.59. The molecule has 3 rings (SSSR count). The number of anilines is 2. The summed E-state index contributed by atoms with van der Waals surface area (Å²) in [5, 5.41) is 9.39. The van der Waals surface area contributed by atoms with E-state index in [1.165, 1.54) is 7.11 Å². The van der Waals surface area contributed by atoms with Crippen LogP contribution in [0.1, 0.15) is 43.7 Å². The third-order valence-electron chi connectivity index (χ3n) is 5.59. The summed E-state index contributed by atoms with van der Waals surface area (Å²) >= 11 is 0. The van der Waals surface area contributed by atoms with Crippen molar-refractivity contribution in [2.45, 2.75) is 44.8 Å². The summed E-state index contributed by atoms with van der Waals surface area (Å²) in [5.74, 6) is 0.255. The lowest BCUT2D eigenvalue weighted by atomic mass is 10.0. The monoisotopic (exact) mass is 396 g/mol. The van der Waals surface area contributed by atoms with Crippen LogP contribution in [0.2, 0.25) is 0 Å². The highest BCUT2D eigenvalue weighted by Gasteiger charge is 2.39. The van der Waals surface area contributed by atoms with E-state index in [-0.39, 0.29) is 29.6 Å². The second-order valence-corrected chi connectivity index (χ2v) is 7.38. The molecular weight excluding hydrogens is 373 g/mol. The summed E-state index contributed by atoms with van der Waals surface area (Å²) in [5.41, 5.74) is -1.35. The van der Waals surface area contributed by atoms with Gasteiger partial charge >= 0.3 is 12.1 Å². The molecule has 9 heteroatoms. The van der Waals surface area contributed by atoms with Crippen LogP contribution < -0.4 is 9.80 Å². The molecule has 2 saturated heterocycles. The molecule has 0 radical (unpaired) electrons. The van der Waals surface area contributed by atoms with Crippen LogP contribution in [-0.4, -0.2) is 43.7 Å². The van der Waals surface area contributed by atoms with Crippen molar-refractivity contribution < 1.29 is 22.7 Å². The SMILES string of the molecule is COC(=O)CCC1CCN(c2cc(C(F)(F)F)c(C#N)c(N3CCC3C)n2)C1. The van der Waals surface area contributed by atoms with E-state index in [1.54, 1.807) is 11.0 Å². The van der Waals surface area contributed by atoms with Crippen LogP contribution in [-0.2, 0) is 15.7 Å². The lowest BCUT2D eigenvalue weighted by molar-refractivity contribution is -0.141. The number of rotatable bonds is 5. The van der Waals surface area contributed by atoms with Gasteiger partial charge in [-0.3, -0.25) is 4.79 Å². The number of pyridine rings is 1. The fraction of sp³-hybridized carbons (Fsp3) is 0.632. The molecule has 1 aromatic rings. The largest absolute Gasteiger partial charge is 0.469 e. The van der Waals surface area contributed by atoms with Gasteiger partial charge in [0.1, 0.15) is 23.3 Å². The van der Waals surface area contributed by atoms with Gasteiger partial charge in [-0.05, 0) is 38.2 Å². The van der Waals surface area contributed by atoms with Crippen molar-refractivity contribution in [1.82, 2.24) is 4.98 Å². The smallest absolute Gasteiger partial charge is 0.417 e. The molecule has 0 aromatic carbocycles. The zero-order valence-electron chi connectivity index (χ0n) is 15.9. The Morgan fingerprint density at radius 1 is 1.39 bits per heavy atom. The Hall–Kier alpha value is -2.50. The van der Waals surface area contributed by atoms with E-state index in [0.29, 0.717) is 32.5 Å². The second kappa shape index (κ2) is 7.86. The fourth-order valence-corrected chi connectivity index (χ4v) is 3.75. The van der Waals surface area contributed by atoms with Gasteiger partial charge in [-0.1, -0.05) is 0 Å². The molecule has 0 aliphatic carbocycles. The Balaban J connectivity index is 1.88. The van der Waals surface area contributed by atoms with Gasteiger partial charge in [0.05, 0.1) is 12.7 Å². The molecule has 1 aromatic heterocycles. The molecule has 3 heterocycles. The second-order valence-electron chi connectivity index (χ2n) is 7.38. The summed E-state index contributed by atoms with van der Waals surface area (Å²) < 4.78 is 45.5. The van der Waals surface area contributed by atoms with Crippen LogP contribution in [0.15, 0.2) is 6.07 Å². The van der Waals surface area contributed by atoms with Crippen LogP contribution in [0.25, 0.3) is 0 Å². The van der Waals surface area contributed by atoms with Crippen molar-refractivity contribution in [1.29, 1.82) is 5.26 Å². The Bertz CT molecular complexity index is 791. The molecule has 2 aliphatic rings. The number of nitriles is 1. The van der Waals surface area contributed by atoms with E-state index in [4.69, 9.17) is 0 Å². The number of hydrogen-bond acceptors (Lipinski definition) is 6. The highest BCUT2D eigenvalue weighted by molar-refractivity contribution is 5.69. The standard InChI is InChI=1S/C19H23F3N4O2/c1-12-5-8-26(12)18-14(10-23)15(19(20,21)22)9-16(24-18)25-7-6-13(11-25)3-4-17(27)28-2/h9,12-13H,3-8,11H2,1-2H3. The molecule has 2 unspecified atom stereocenters. The first-order valence-electron chi connectivity index (χ1n) is 9.35. The number of carbonyl (C=O) groups is 1. The summed E-state index contributed by atoms with van der Waals surface area (Å²) in [7, 11) is 1.33. The lowest BCUT2D eigenvalue weighted by Gasteiger charge is -2.40. The summed E-state index contributed by atoms with van der Waals surface area (Å²) in [6, 6.07) is 2.75. The first kappa shape index (κ1) is 20.2. The number of methoxy groups -OCH3 is 1. The van der Waals surface area contributed by atoms with Crippen molar-refractivity contribution in [2.75, 3.05) is 36.5 Å². The van der Waals surface area contributed by atoms with Crippen molar-refractivity contribution in [3.8, 4) is 6.07 Å². The van der Waals surface area contributed by atoms with Crippen LogP contribution in [0.5, 0.6) is 0 Å². The average molecular weight is 396 g/mol. The maximum atomic E-state index is 13.6. The van der Waals surface area contributed by atoms with Gasteiger partial charge in [0, 0.05) is 32.1 Å². The van der Waals surface area contributed by atoms with Crippen LogP contribution in [0.4, 0.5) is 24.8 Å². The molecule has 28 heavy (non-hydrogen) atoms. The Morgan fingerprint density at radius 3 is 2.68 bits per heavy atom. The number of alkyl halides is 3. The van der Waals surface area contributed by atoms with E-state index in [0.717, 1.165) is 18.9 Å². The van der Waals surface area contributed by atoms with E-state index >= 15 is 0 Å². The quantitative estimate of drug-likeness (QED) is 0.711. The van der Waals surface area contributed by atoms with Crippen LogP contribution >= 0.6 is 0 Å². The van der Waals surface area contributed by atoms with Gasteiger partial charge in [-0.25, -0.2) is 4.98 Å². The normalized spacial score (nSPS) is 22.0.